The van der Waals surface area contributed by atoms with Crippen molar-refractivity contribution in [3.05, 3.63) is 66.7 Å². The number of nitrogens with one attached hydrogen (secondary N) is 1. The van der Waals surface area contributed by atoms with Gasteiger partial charge in [0.1, 0.15) is 5.52 Å². The number of nitrogens with zero attached hydrogens (tertiary/aromatic N) is 5. The minimum Gasteiger partial charge on any atom is -0.382 e. The highest BCUT2D eigenvalue weighted by Crippen LogP contribution is 2.30. The second kappa shape index (κ2) is 6.77. The Bertz CT molecular complexity index is 1240. The summed E-state index contributed by atoms with van der Waals surface area (Å²) < 4.78 is 1.96. The fourth-order valence-corrected chi connectivity index (χ4v) is 3.53. The van der Waals surface area contributed by atoms with Crippen LogP contribution in [-0.2, 0) is 13.0 Å². The number of nitrogens with two attached hydrogens (primary N) is 1. The number of anilines is 1. The van der Waals surface area contributed by atoms with Gasteiger partial charge in [0.25, 0.3) is 0 Å². The summed E-state index contributed by atoms with van der Waals surface area (Å²) in [6.45, 7) is 0.816. The van der Waals surface area contributed by atoms with Crippen LogP contribution in [-0.4, -0.2) is 29.9 Å². The number of aromatic amines is 1. The van der Waals surface area contributed by atoms with E-state index in [1.165, 1.54) is 5.56 Å². The number of pyridine rings is 2. The van der Waals surface area contributed by atoms with Gasteiger partial charge in [-0.05, 0) is 36.6 Å². The van der Waals surface area contributed by atoms with Gasteiger partial charge in [0, 0.05) is 47.7 Å². The molecule has 0 saturated heterocycles. The Morgan fingerprint density at radius 1 is 1.07 bits per heavy atom. The zero-order chi connectivity index (χ0) is 18.9. The van der Waals surface area contributed by atoms with Crippen molar-refractivity contribution < 1.29 is 0 Å². The molecule has 0 aliphatic carbocycles. The van der Waals surface area contributed by atoms with Crippen molar-refractivity contribution in [2.45, 2.75) is 19.4 Å². The molecule has 0 fully saturated rings. The Hall–Kier alpha value is -3.74. The van der Waals surface area contributed by atoms with E-state index in [2.05, 4.69) is 49.7 Å². The number of fused-ring (bicyclic) bond motifs is 3. The van der Waals surface area contributed by atoms with Crippen molar-refractivity contribution in [2.75, 3.05) is 5.73 Å². The van der Waals surface area contributed by atoms with E-state index in [-0.39, 0.29) is 0 Å². The highest BCUT2D eigenvalue weighted by atomic mass is 15.3. The summed E-state index contributed by atoms with van der Waals surface area (Å²) in [4.78, 5) is 8.74. The standard InChI is InChI=1S/C21H19N7/c22-21-20-17(13-28(27-20)10-2-4-14-3-1-8-23-12-14)16-6-5-15(11-19(16)25-21)18-7-9-24-26-18/h1,3,5-9,11-13H,2,4,10H2,(H2,22,25)(H,24,26). The monoisotopic (exact) mass is 369 g/mol. The van der Waals surface area contributed by atoms with Crippen LogP contribution in [0, 0.1) is 0 Å². The zero-order valence-corrected chi connectivity index (χ0v) is 15.2. The van der Waals surface area contributed by atoms with Gasteiger partial charge in [-0.25, -0.2) is 4.98 Å². The maximum atomic E-state index is 6.21. The molecular formula is C21H19N7. The molecule has 4 aromatic heterocycles. The average molecular weight is 369 g/mol. The molecule has 7 nitrogen and oxygen atoms in total. The Morgan fingerprint density at radius 3 is 2.86 bits per heavy atom. The van der Waals surface area contributed by atoms with Crippen LogP contribution < -0.4 is 5.73 Å². The van der Waals surface area contributed by atoms with Crippen LogP contribution >= 0.6 is 0 Å². The van der Waals surface area contributed by atoms with Crippen molar-refractivity contribution in [3.63, 3.8) is 0 Å². The molecule has 0 aliphatic heterocycles. The molecule has 138 valence electrons. The summed E-state index contributed by atoms with van der Waals surface area (Å²) in [5.74, 6) is 0.454. The van der Waals surface area contributed by atoms with Crippen molar-refractivity contribution in [2.24, 2.45) is 0 Å². The molecule has 0 spiro atoms. The molecule has 0 bridgehead atoms. The maximum Gasteiger partial charge on any atom is 0.152 e. The molecule has 4 heterocycles. The number of aryl methyl sites for hydroxylation is 2. The van der Waals surface area contributed by atoms with E-state index in [4.69, 9.17) is 5.73 Å². The first-order valence-corrected chi connectivity index (χ1v) is 9.23. The van der Waals surface area contributed by atoms with Crippen LogP contribution in [0.5, 0.6) is 0 Å². The smallest absolute Gasteiger partial charge is 0.152 e. The number of nitrogen functional groups attached to an aromatic ring is 1. The maximum absolute atomic E-state index is 6.21. The second-order valence-corrected chi connectivity index (χ2v) is 6.82. The SMILES string of the molecule is Nc1nc2cc(-c3ccn[nH]3)ccc2c2cn(CCCc3cccnc3)nc12. The summed E-state index contributed by atoms with van der Waals surface area (Å²) in [5.41, 5.74) is 11.0. The van der Waals surface area contributed by atoms with Crippen molar-refractivity contribution in [1.29, 1.82) is 0 Å². The van der Waals surface area contributed by atoms with Crippen molar-refractivity contribution in [3.8, 4) is 11.3 Å². The van der Waals surface area contributed by atoms with Crippen LogP contribution in [0.2, 0.25) is 0 Å². The molecule has 0 radical (unpaired) electrons. The second-order valence-electron chi connectivity index (χ2n) is 6.82. The molecule has 0 unspecified atom stereocenters. The Morgan fingerprint density at radius 2 is 2.04 bits per heavy atom. The number of aromatic nitrogens is 6. The van der Waals surface area contributed by atoms with Crippen LogP contribution in [0.25, 0.3) is 33.1 Å². The largest absolute Gasteiger partial charge is 0.382 e. The van der Waals surface area contributed by atoms with E-state index >= 15 is 0 Å². The first kappa shape index (κ1) is 16.4. The normalized spacial score (nSPS) is 11.4. The molecule has 5 aromatic rings. The third-order valence-electron chi connectivity index (χ3n) is 4.92. The molecule has 1 aromatic carbocycles. The van der Waals surface area contributed by atoms with Gasteiger partial charge in [-0.2, -0.15) is 10.2 Å². The van der Waals surface area contributed by atoms with Crippen LogP contribution in [0.3, 0.4) is 0 Å². The number of rotatable bonds is 5. The highest BCUT2D eigenvalue weighted by Gasteiger charge is 2.12. The first-order chi connectivity index (χ1) is 13.8. The molecule has 5 rings (SSSR count). The molecule has 0 aliphatic rings. The molecule has 28 heavy (non-hydrogen) atoms. The van der Waals surface area contributed by atoms with Gasteiger partial charge in [-0.15, -0.1) is 0 Å². The average Bonchev–Trinajstić information content (AvgIpc) is 3.39. The predicted molar refractivity (Wildman–Crippen MR) is 110 cm³/mol. The first-order valence-electron chi connectivity index (χ1n) is 9.23. The third kappa shape index (κ3) is 2.96. The van der Waals surface area contributed by atoms with Gasteiger partial charge in [0.15, 0.2) is 5.82 Å². The lowest BCUT2D eigenvalue weighted by atomic mass is 10.1. The van der Waals surface area contributed by atoms with E-state index in [9.17, 15) is 0 Å². The Balaban J connectivity index is 1.46. The van der Waals surface area contributed by atoms with Gasteiger partial charge < -0.3 is 5.73 Å². The number of hydrogen-bond acceptors (Lipinski definition) is 5. The van der Waals surface area contributed by atoms with E-state index in [0.29, 0.717) is 5.82 Å². The topological polar surface area (TPSA) is 98.3 Å². The number of H-pyrrole nitrogens is 1. The fourth-order valence-electron chi connectivity index (χ4n) is 3.53. The molecule has 7 heteroatoms. The molecule has 0 amide bonds. The van der Waals surface area contributed by atoms with Gasteiger partial charge in [-0.3, -0.25) is 14.8 Å². The zero-order valence-electron chi connectivity index (χ0n) is 15.2. The molecule has 0 atom stereocenters. The number of hydrogen-bond donors (Lipinski definition) is 2. The molecule has 3 N–H and O–H groups in total. The lowest BCUT2D eigenvalue weighted by molar-refractivity contribution is 0.583. The summed E-state index contributed by atoms with van der Waals surface area (Å²) in [6, 6.07) is 12.2. The Labute approximate surface area is 161 Å². The van der Waals surface area contributed by atoms with E-state index in [0.717, 1.165) is 52.4 Å². The van der Waals surface area contributed by atoms with Crippen molar-refractivity contribution >= 4 is 27.6 Å². The minimum absolute atomic E-state index is 0.454. The predicted octanol–water partition coefficient (Wildman–Crippen LogP) is 3.58. The number of benzene rings is 1. The van der Waals surface area contributed by atoms with Gasteiger partial charge in [-0.1, -0.05) is 18.2 Å². The summed E-state index contributed by atoms with van der Waals surface area (Å²) in [5, 5.41) is 13.7. The molecule has 0 saturated carbocycles. The van der Waals surface area contributed by atoms with Gasteiger partial charge in [0.2, 0.25) is 0 Å². The minimum atomic E-state index is 0.454. The fraction of sp³-hybridized carbons (Fsp3) is 0.143. The highest BCUT2D eigenvalue weighted by molar-refractivity contribution is 6.08. The van der Waals surface area contributed by atoms with E-state index < -0.39 is 0 Å². The quantitative estimate of drug-likeness (QED) is 0.493. The van der Waals surface area contributed by atoms with Crippen molar-refractivity contribution in [1.82, 2.24) is 29.9 Å². The summed E-state index contributed by atoms with van der Waals surface area (Å²) >= 11 is 0. The lowest BCUT2D eigenvalue weighted by Crippen LogP contribution is -2.00. The lowest BCUT2D eigenvalue weighted by Gasteiger charge is -2.03. The summed E-state index contributed by atoms with van der Waals surface area (Å²) in [7, 11) is 0. The third-order valence-corrected chi connectivity index (χ3v) is 4.92. The summed E-state index contributed by atoms with van der Waals surface area (Å²) in [6.07, 6.45) is 9.45. The van der Waals surface area contributed by atoms with Crippen LogP contribution in [0.4, 0.5) is 5.82 Å². The Kier molecular flexibility index (Phi) is 3.97. The van der Waals surface area contributed by atoms with Gasteiger partial charge in [0.05, 0.1) is 11.2 Å². The van der Waals surface area contributed by atoms with Gasteiger partial charge >= 0.3 is 0 Å². The van der Waals surface area contributed by atoms with Crippen LogP contribution in [0.15, 0.2) is 61.2 Å². The van der Waals surface area contributed by atoms with E-state index in [1.54, 1.807) is 12.4 Å². The molecular weight excluding hydrogens is 350 g/mol. The van der Waals surface area contributed by atoms with Crippen LogP contribution in [0.1, 0.15) is 12.0 Å². The van der Waals surface area contributed by atoms with E-state index in [1.807, 2.05) is 29.1 Å².